The first-order valence-electron chi connectivity index (χ1n) is 13.0. The molecule has 1 aliphatic rings. The van der Waals surface area contributed by atoms with Crippen LogP contribution >= 0.6 is 11.6 Å². The fraction of sp³-hybridized carbons (Fsp3) is 0.312. The van der Waals surface area contributed by atoms with Gasteiger partial charge in [0, 0.05) is 17.1 Å². The summed E-state index contributed by atoms with van der Waals surface area (Å²) < 4.78 is 5.75. The number of carbonyl (C=O) groups is 2. The smallest absolute Gasteiger partial charge is 0.410 e. The molecule has 1 aliphatic carbocycles. The number of rotatable bonds is 7. The summed E-state index contributed by atoms with van der Waals surface area (Å²) in [4.78, 5) is 25.8. The summed E-state index contributed by atoms with van der Waals surface area (Å²) >= 11 is 6.01. The molecule has 6 nitrogen and oxygen atoms in total. The molecule has 2 N–H and O–H groups in total. The van der Waals surface area contributed by atoms with E-state index in [1.165, 1.54) is 5.56 Å². The van der Waals surface area contributed by atoms with E-state index in [4.69, 9.17) is 21.4 Å². The van der Waals surface area contributed by atoms with Gasteiger partial charge in [-0.2, -0.15) is 0 Å². The maximum atomic E-state index is 13.3. The highest BCUT2D eigenvalue weighted by Crippen LogP contribution is 2.31. The Morgan fingerprint density at radius 2 is 1.69 bits per heavy atom. The molecule has 4 rings (SSSR count). The van der Waals surface area contributed by atoms with E-state index in [9.17, 15) is 14.7 Å². The van der Waals surface area contributed by atoms with E-state index >= 15 is 0 Å². The van der Waals surface area contributed by atoms with Crippen LogP contribution in [0.25, 0.3) is 17.2 Å². The highest BCUT2D eigenvalue weighted by molar-refractivity contribution is 6.30. The third kappa shape index (κ3) is 7.71. The first-order chi connectivity index (χ1) is 18.5. The molecule has 0 unspecified atom stereocenters. The summed E-state index contributed by atoms with van der Waals surface area (Å²) in [5.41, 5.74) is 5.32. The summed E-state index contributed by atoms with van der Waals surface area (Å²) in [6.07, 6.45) is 3.59. The summed E-state index contributed by atoms with van der Waals surface area (Å²) in [6, 6.07) is 21.0. The minimum atomic E-state index is -0.982. The quantitative estimate of drug-likeness (QED) is 0.313. The van der Waals surface area contributed by atoms with Gasteiger partial charge >= 0.3 is 12.1 Å². The normalized spacial score (nSPS) is 16.0. The Morgan fingerprint density at radius 3 is 2.33 bits per heavy atom. The minimum absolute atomic E-state index is 0.113. The van der Waals surface area contributed by atoms with Gasteiger partial charge in [0.25, 0.3) is 0 Å². The van der Waals surface area contributed by atoms with E-state index in [1.54, 1.807) is 35.2 Å². The Morgan fingerprint density at radius 1 is 1.03 bits per heavy atom. The van der Waals surface area contributed by atoms with Gasteiger partial charge in [0.1, 0.15) is 5.60 Å². The van der Waals surface area contributed by atoms with E-state index in [0.717, 1.165) is 41.2 Å². The molecule has 0 bridgehead atoms. The third-order valence-electron chi connectivity index (χ3n) is 6.76. The number of halogens is 1. The molecule has 0 aromatic heterocycles. The Bertz CT molecular complexity index is 1340. The second-order valence-electron chi connectivity index (χ2n) is 10.9. The van der Waals surface area contributed by atoms with Gasteiger partial charge in [-0.05, 0) is 91.6 Å². The van der Waals surface area contributed by atoms with Gasteiger partial charge in [0.05, 0.1) is 12.6 Å². The van der Waals surface area contributed by atoms with Crippen molar-refractivity contribution >= 4 is 29.7 Å². The van der Waals surface area contributed by atoms with Gasteiger partial charge < -0.3 is 19.8 Å². The number of carboxylic acids is 1. The number of benzene rings is 3. The first kappa shape index (κ1) is 28.4. The lowest BCUT2D eigenvalue weighted by Crippen LogP contribution is -2.47. The zero-order chi connectivity index (χ0) is 28.2. The number of amides is 1. The zero-order valence-corrected chi connectivity index (χ0v) is 23.2. The van der Waals surface area contributed by atoms with Crippen LogP contribution < -0.4 is 0 Å². The van der Waals surface area contributed by atoms with E-state index in [2.05, 4.69) is 18.2 Å². The van der Waals surface area contributed by atoms with Crippen LogP contribution in [0.3, 0.4) is 0 Å². The SMILES string of the molecule is CC(C)(C)OC(=O)N(C[C@@H](O)c1ccc(Cl)cc1)[C@H]1CCc2ccc(-c3ccc(/C=C/C(=O)O)cc3)cc2C1. The van der Waals surface area contributed by atoms with Gasteiger partial charge in [-0.3, -0.25) is 0 Å². The van der Waals surface area contributed by atoms with Crippen molar-refractivity contribution < 1.29 is 24.5 Å². The molecular weight excluding hydrogens is 514 g/mol. The number of carboxylic acid groups (broad SMARTS) is 1. The molecule has 0 saturated carbocycles. The van der Waals surface area contributed by atoms with E-state index in [1.807, 2.05) is 45.0 Å². The fourth-order valence-corrected chi connectivity index (χ4v) is 4.93. The van der Waals surface area contributed by atoms with Crippen molar-refractivity contribution in [1.29, 1.82) is 0 Å². The first-order valence-corrected chi connectivity index (χ1v) is 13.4. The Balaban J connectivity index is 1.56. The van der Waals surface area contributed by atoms with Gasteiger partial charge in [-0.1, -0.05) is 66.2 Å². The number of ether oxygens (including phenoxy) is 1. The Hall–Kier alpha value is -3.61. The summed E-state index contributed by atoms with van der Waals surface area (Å²) in [5, 5.41) is 20.4. The largest absolute Gasteiger partial charge is 0.478 e. The van der Waals surface area contributed by atoms with Crippen molar-refractivity contribution in [2.24, 2.45) is 0 Å². The number of aliphatic carboxylic acids is 1. The monoisotopic (exact) mass is 547 g/mol. The lowest BCUT2D eigenvalue weighted by molar-refractivity contribution is -0.131. The van der Waals surface area contributed by atoms with Crippen LogP contribution in [0.2, 0.25) is 5.02 Å². The third-order valence-corrected chi connectivity index (χ3v) is 7.02. The van der Waals surface area contributed by atoms with Crippen molar-refractivity contribution in [2.45, 2.75) is 57.8 Å². The summed E-state index contributed by atoms with van der Waals surface area (Å²) in [6.45, 7) is 5.62. The zero-order valence-electron chi connectivity index (χ0n) is 22.4. The van der Waals surface area contributed by atoms with E-state index in [0.29, 0.717) is 17.0 Å². The number of hydrogen-bond donors (Lipinski definition) is 2. The fourth-order valence-electron chi connectivity index (χ4n) is 4.81. The lowest BCUT2D eigenvalue weighted by Gasteiger charge is -2.37. The molecular formula is C32H34ClNO5. The Labute approximate surface area is 234 Å². The number of carbonyl (C=O) groups excluding carboxylic acids is 1. The molecule has 7 heteroatoms. The molecule has 0 aliphatic heterocycles. The van der Waals surface area contributed by atoms with Crippen LogP contribution in [0.4, 0.5) is 4.79 Å². The number of aryl methyl sites for hydroxylation is 1. The van der Waals surface area contributed by atoms with Crippen LogP contribution in [0.5, 0.6) is 0 Å². The van der Waals surface area contributed by atoms with E-state index < -0.39 is 23.8 Å². The van der Waals surface area contributed by atoms with Crippen molar-refractivity contribution in [1.82, 2.24) is 4.90 Å². The second kappa shape index (κ2) is 12.1. The molecule has 0 radical (unpaired) electrons. The average Bonchev–Trinajstić information content (AvgIpc) is 2.89. The molecule has 1 amide bonds. The van der Waals surface area contributed by atoms with Gasteiger partial charge in [0.2, 0.25) is 0 Å². The number of aliphatic hydroxyl groups excluding tert-OH is 1. The molecule has 3 aromatic rings. The lowest BCUT2D eigenvalue weighted by atomic mass is 9.85. The minimum Gasteiger partial charge on any atom is -0.478 e. The van der Waals surface area contributed by atoms with Crippen LogP contribution in [0.15, 0.2) is 72.8 Å². The van der Waals surface area contributed by atoms with Gasteiger partial charge in [0.15, 0.2) is 0 Å². The van der Waals surface area contributed by atoms with Crippen LogP contribution in [-0.2, 0) is 22.4 Å². The van der Waals surface area contributed by atoms with Crippen molar-refractivity contribution in [3.05, 3.63) is 100 Å². The maximum absolute atomic E-state index is 13.3. The molecule has 0 heterocycles. The second-order valence-corrected chi connectivity index (χ2v) is 11.3. The molecule has 39 heavy (non-hydrogen) atoms. The predicted octanol–water partition coefficient (Wildman–Crippen LogP) is 6.93. The Kier molecular flexibility index (Phi) is 8.78. The topological polar surface area (TPSA) is 87.1 Å². The molecule has 0 spiro atoms. The van der Waals surface area contributed by atoms with Gasteiger partial charge in [-0.15, -0.1) is 0 Å². The predicted molar refractivity (Wildman–Crippen MR) is 154 cm³/mol. The summed E-state index contributed by atoms with van der Waals surface area (Å²) in [7, 11) is 0. The van der Waals surface area contributed by atoms with Crippen LogP contribution in [-0.4, -0.2) is 45.4 Å². The van der Waals surface area contributed by atoms with Crippen molar-refractivity contribution in [2.75, 3.05) is 6.54 Å². The number of hydrogen-bond acceptors (Lipinski definition) is 4. The highest BCUT2D eigenvalue weighted by Gasteiger charge is 2.33. The standard InChI is InChI=1S/C32H34ClNO5/c1-32(2,3)39-31(38)34(20-29(35)24-11-14-27(33)15-12-24)28-16-13-23-9-10-25(18-26(23)19-28)22-7-4-21(5-8-22)6-17-30(36)37/h4-12,14-15,17-18,28-29,35H,13,16,19-20H2,1-3H3,(H,36,37)/b17-6+/t28-,29+/m0/s1. The number of fused-ring (bicyclic) bond motifs is 1. The molecule has 3 aromatic carbocycles. The summed E-state index contributed by atoms with van der Waals surface area (Å²) in [5.74, 6) is -0.982. The van der Waals surface area contributed by atoms with Crippen molar-refractivity contribution in [3.63, 3.8) is 0 Å². The number of nitrogens with zero attached hydrogens (tertiary/aromatic N) is 1. The molecule has 0 saturated heterocycles. The maximum Gasteiger partial charge on any atom is 0.410 e. The van der Waals surface area contributed by atoms with Crippen molar-refractivity contribution in [3.8, 4) is 11.1 Å². The van der Waals surface area contributed by atoms with Crippen LogP contribution in [0.1, 0.15) is 55.5 Å². The van der Waals surface area contributed by atoms with Crippen LogP contribution in [0, 0.1) is 0 Å². The highest BCUT2D eigenvalue weighted by atomic mass is 35.5. The number of aliphatic hydroxyl groups is 1. The molecule has 2 atom stereocenters. The molecule has 0 fully saturated rings. The van der Waals surface area contributed by atoms with Gasteiger partial charge in [-0.25, -0.2) is 9.59 Å². The van der Waals surface area contributed by atoms with E-state index in [-0.39, 0.29) is 12.6 Å². The average molecular weight is 548 g/mol. The molecule has 204 valence electrons.